The predicted molar refractivity (Wildman–Crippen MR) is 106 cm³/mol. The molecular weight excluding hydrogens is 394 g/mol. The average Bonchev–Trinajstić information content (AvgIpc) is 2.98. The molecule has 29 heavy (non-hydrogen) atoms. The molecule has 0 saturated carbocycles. The van der Waals surface area contributed by atoms with Crippen molar-refractivity contribution in [3.63, 3.8) is 0 Å². The topological polar surface area (TPSA) is 107 Å². The van der Waals surface area contributed by atoms with Gasteiger partial charge in [-0.2, -0.15) is 0 Å². The van der Waals surface area contributed by atoms with Crippen LogP contribution >= 0.6 is 0 Å². The lowest BCUT2D eigenvalue weighted by Crippen LogP contribution is -2.48. The summed E-state index contributed by atoms with van der Waals surface area (Å²) in [5.41, 5.74) is -0.202. The van der Waals surface area contributed by atoms with Gasteiger partial charge in [-0.1, -0.05) is 48.5 Å². The molecule has 1 aliphatic rings. The van der Waals surface area contributed by atoms with Crippen LogP contribution in [0.3, 0.4) is 0 Å². The van der Waals surface area contributed by atoms with Crippen LogP contribution in [-0.2, 0) is 19.4 Å². The summed E-state index contributed by atoms with van der Waals surface area (Å²) in [6.07, 6.45) is 0.309. The second-order valence-electron chi connectivity index (χ2n) is 7.27. The average molecular weight is 415 g/mol. The summed E-state index contributed by atoms with van der Waals surface area (Å²) in [5, 5.41) is 2.62. The van der Waals surface area contributed by atoms with Crippen molar-refractivity contribution >= 4 is 27.5 Å². The molecule has 0 aromatic heterocycles. The van der Waals surface area contributed by atoms with E-state index in [2.05, 4.69) is 5.32 Å². The number of hydrogen-bond acceptors (Lipinski definition) is 6. The molecule has 2 aromatic rings. The molecule has 8 heteroatoms. The van der Waals surface area contributed by atoms with E-state index in [9.17, 15) is 22.8 Å². The predicted octanol–water partition coefficient (Wildman–Crippen LogP) is 1.77. The van der Waals surface area contributed by atoms with Gasteiger partial charge in [0.05, 0.1) is 22.6 Å². The van der Waals surface area contributed by atoms with Crippen LogP contribution in [0.2, 0.25) is 0 Å². The quantitative estimate of drug-likeness (QED) is 0.569. The lowest BCUT2D eigenvalue weighted by atomic mass is 9.98. The largest absolute Gasteiger partial charge is 0.452 e. The van der Waals surface area contributed by atoms with Crippen LogP contribution in [0.4, 0.5) is 0 Å². The first-order chi connectivity index (χ1) is 13.7. The van der Waals surface area contributed by atoms with Gasteiger partial charge in [0.2, 0.25) is 0 Å². The summed E-state index contributed by atoms with van der Waals surface area (Å²) in [4.78, 5) is 37.3. The molecule has 152 valence electrons. The molecule has 3 rings (SSSR count). The molecule has 1 atom stereocenters. The highest BCUT2D eigenvalue weighted by atomic mass is 32.2. The highest BCUT2D eigenvalue weighted by Crippen LogP contribution is 2.22. The zero-order valence-corrected chi connectivity index (χ0v) is 16.7. The molecule has 1 aliphatic heterocycles. The second-order valence-corrected chi connectivity index (χ2v) is 9.45. The molecular formula is C21H21NO6S. The first-order valence-electron chi connectivity index (χ1n) is 9.06. The molecule has 0 unspecified atom stereocenters. The number of ketones is 1. The fourth-order valence-corrected chi connectivity index (χ4v) is 5.39. The van der Waals surface area contributed by atoms with Crippen molar-refractivity contribution in [2.24, 2.45) is 0 Å². The third-order valence-corrected chi connectivity index (χ3v) is 6.61. The normalized spacial score (nSPS) is 20.0. The molecule has 0 aliphatic carbocycles. The van der Waals surface area contributed by atoms with Gasteiger partial charge in [0.25, 0.3) is 5.91 Å². The molecule has 1 heterocycles. The summed E-state index contributed by atoms with van der Waals surface area (Å²) in [6.45, 7) is 1.08. The number of sulfone groups is 1. The Kier molecular flexibility index (Phi) is 5.83. The maximum atomic E-state index is 12.7. The van der Waals surface area contributed by atoms with Crippen molar-refractivity contribution in [2.45, 2.75) is 18.9 Å². The minimum atomic E-state index is -3.18. The van der Waals surface area contributed by atoms with Gasteiger partial charge in [0.15, 0.2) is 22.2 Å². The van der Waals surface area contributed by atoms with Crippen molar-refractivity contribution in [1.29, 1.82) is 0 Å². The van der Waals surface area contributed by atoms with E-state index in [1.165, 1.54) is 12.1 Å². The van der Waals surface area contributed by atoms with E-state index in [0.29, 0.717) is 12.0 Å². The number of ether oxygens (including phenoxy) is 1. The van der Waals surface area contributed by atoms with Crippen LogP contribution in [0.25, 0.3) is 0 Å². The van der Waals surface area contributed by atoms with Crippen LogP contribution in [0.5, 0.6) is 0 Å². The van der Waals surface area contributed by atoms with Gasteiger partial charge in [-0.25, -0.2) is 13.2 Å². The third-order valence-electron chi connectivity index (χ3n) is 4.71. The minimum Gasteiger partial charge on any atom is -0.452 e. The van der Waals surface area contributed by atoms with E-state index < -0.39 is 33.9 Å². The Bertz CT molecular complexity index is 1050. The van der Waals surface area contributed by atoms with Crippen molar-refractivity contribution in [2.75, 3.05) is 18.1 Å². The molecule has 1 saturated heterocycles. The highest BCUT2D eigenvalue weighted by molar-refractivity contribution is 7.91. The Balaban J connectivity index is 1.66. The summed E-state index contributed by atoms with van der Waals surface area (Å²) in [7, 11) is -3.18. The highest BCUT2D eigenvalue weighted by Gasteiger charge is 2.39. The van der Waals surface area contributed by atoms with E-state index in [1.807, 2.05) is 0 Å². The number of rotatable bonds is 6. The summed E-state index contributed by atoms with van der Waals surface area (Å²) < 4.78 is 28.3. The fourth-order valence-electron chi connectivity index (χ4n) is 3.29. The maximum absolute atomic E-state index is 12.7. The lowest BCUT2D eigenvalue weighted by molar-refractivity contribution is -0.125. The van der Waals surface area contributed by atoms with Crippen LogP contribution in [0, 0.1) is 0 Å². The van der Waals surface area contributed by atoms with Crippen molar-refractivity contribution in [3.05, 3.63) is 71.3 Å². The van der Waals surface area contributed by atoms with E-state index in [-0.39, 0.29) is 28.4 Å². The van der Waals surface area contributed by atoms with Crippen molar-refractivity contribution in [3.8, 4) is 0 Å². The van der Waals surface area contributed by atoms with Crippen molar-refractivity contribution in [1.82, 2.24) is 5.32 Å². The van der Waals surface area contributed by atoms with Crippen LogP contribution in [0.1, 0.15) is 39.6 Å². The van der Waals surface area contributed by atoms with E-state index in [4.69, 9.17) is 4.74 Å². The molecule has 0 radical (unpaired) electrons. The first kappa shape index (κ1) is 20.7. The van der Waals surface area contributed by atoms with E-state index in [0.717, 1.165) is 0 Å². The first-order valence-corrected chi connectivity index (χ1v) is 10.9. The summed E-state index contributed by atoms with van der Waals surface area (Å²) >= 11 is 0. The molecule has 1 amide bonds. The van der Waals surface area contributed by atoms with Gasteiger partial charge < -0.3 is 10.1 Å². The third kappa shape index (κ3) is 5.08. The molecule has 0 bridgehead atoms. The zero-order valence-electron chi connectivity index (χ0n) is 15.9. The van der Waals surface area contributed by atoms with Crippen LogP contribution < -0.4 is 5.32 Å². The Morgan fingerprint density at radius 2 is 1.62 bits per heavy atom. The zero-order chi connectivity index (χ0) is 21.1. The number of carbonyl (C=O) groups is 3. The molecule has 0 spiro atoms. The number of benzene rings is 2. The minimum absolute atomic E-state index is 0.0124. The van der Waals surface area contributed by atoms with Gasteiger partial charge in [-0.05, 0) is 19.4 Å². The van der Waals surface area contributed by atoms with Crippen molar-refractivity contribution < 1.29 is 27.5 Å². The van der Waals surface area contributed by atoms with Gasteiger partial charge in [-0.15, -0.1) is 0 Å². The van der Waals surface area contributed by atoms with E-state index in [1.54, 1.807) is 49.4 Å². The van der Waals surface area contributed by atoms with Crippen LogP contribution in [-0.4, -0.2) is 49.7 Å². The number of hydrogen-bond donors (Lipinski definition) is 1. The number of nitrogens with one attached hydrogen (secondary N) is 1. The molecule has 1 fully saturated rings. The van der Waals surface area contributed by atoms with Gasteiger partial charge >= 0.3 is 5.97 Å². The summed E-state index contributed by atoms with van der Waals surface area (Å²) in [5.74, 6) is -1.85. The smallest absolute Gasteiger partial charge is 0.339 e. The standard InChI is InChI=1S/C21H21NO6S/c1-21(11-12-29(26,27)14-21)22-18(23)13-28-20(25)17-10-6-5-9-16(17)19(24)15-7-3-2-4-8-15/h2-10H,11-14H2,1H3,(H,22,23)/t21-/m0/s1. The number of esters is 1. The van der Waals surface area contributed by atoms with Crippen LogP contribution in [0.15, 0.2) is 54.6 Å². The fraction of sp³-hybridized carbons (Fsp3) is 0.286. The number of amides is 1. The Morgan fingerprint density at radius 3 is 2.24 bits per heavy atom. The second kappa shape index (κ2) is 8.16. The monoisotopic (exact) mass is 415 g/mol. The Morgan fingerprint density at radius 1 is 1.00 bits per heavy atom. The van der Waals surface area contributed by atoms with Gasteiger partial charge in [0.1, 0.15) is 0 Å². The number of carbonyl (C=O) groups excluding carboxylic acids is 3. The molecule has 2 aromatic carbocycles. The lowest BCUT2D eigenvalue weighted by Gasteiger charge is -2.23. The molecule has 7 nitrogen and oxygen atoms in total. The Hall–Kier alpha value is -3.00. The van der Waals surface area contributed by atoms with Gasteiger partial charge in [0, 0.05) is 11.1 Å². The maximum Gasteiger partial charge on any atom is 0.339 e. The summed E-state index contributed by atoms with van der Waals surface area (Å²) in [6, 6.07) is 14.8. The van der Waals surface area contributed by atoms with E-state index >= 15 is 0 Å². The SMILES string of the molecule is C[C@]1(NC(=O)COC(=O)c2ccccc2C(=O)c2ccccc2)CCS(=O)(=O)C1. The van der Waals surface area contributed by atoms with Gasteiger partial charge in [-0.3, -0.25) is 9.59 Å². The Labute approximate surface area is 169 Å². The molecule has 1 N–H and O–H groups in total.